The average molecular weight is 168 g/mol. The minimum Gasteiger partial charge on any atom is -0.336 e. The van der Waals surface area contributed by atoms with Gasteiger partial charge in [0.15, 0.2) is 0 Å². The van der Waals surface area contributed by atoms with Gasteiger partial charge in [-0.2, -0.15) is 0 Å². The molecule has 0 heterocycles. The number of hydrogen-bond donors (Lipinski definition) is 2. The average Bonchev–Trinajstić information content (AvgIpc) is 2.05. The summed E-state index contributed by atoms with van der Waals surface area (Å²) in [6, 6.07) is 0.0756. The van der Waals surface area contributed by atoms with Gasteiger partial charge in [0, 0.05) is 6.04 Å². The minimum absolute atomic E-state index is 0.146. The fourth-order valence-electron chi connectivity index (χ4n) is 0.590. The molecule has 0 saturated heterocycles. The van der Waals surface area contributed by atoms with Crippen molar-refractivity contribution in [2.75, 3.05) is 6.54 Å². The van der Waals surface area contributed by atoms with Crippen molar-refractivity contribution in [2.24, 2.45) is 0 Å². The first-order chi connectivity index (χ1) is 5.70. The molecule has 3 heteroatoms. The first-order valence-electron chi connectivity index (χ1n) is 4.14. The molecule has 2 amide bonds. The standard InChI is InChI=1S/C9H16N2O/c1-4-6-7-10-9(12)11-8(3)5-2/h8H,5,7H2,1-3H3,(H2,10,11,12). The Hall–Kier alpha value is -1.17. The number of nitrogens with one attached hydrogen (secondary N) is 2. The SMILES string of the molecule is CC#CCNC(=O)NC(C)CC. The van der Waals surface area contributed by atoms with Crippen LogP contribution in [0.15, 0.2) is 0 Å². The van der Waals surface area contributed by atoms with E-state index in [0.717, 1.165) is 6.42 Å². The second kappa shape index (κ2) is 6.53. The molecule has 0 aromatic carbocycles. The highest BCUT2D eigenvalue weighted by atomic mass is 16.2. The van der Waals surface area contributed by atoms with E-state index in [4.69, 9.17) is 0 Å². The summed E-state index contributed by atoms with van der Waals surface area (Å²) >= 11 is 0. The predicted octanol–water partition coefficient (Wildman–Crippen LogP) is 1.11. The first kappa shape index (κ1) is 10.8. The molecule has 0 aliphatic rings. The third kappa shape index (κ3) is 5.60. The second-order valence-corrected chi connectivity index (χ2v) is 2.56. The molecule has 12 heavy (non-hydrogen) atoms. The van der Waals surface area contributed by atoms with Gasteiger partial charge < -0.3 is 10.6 Å². The molecular weight excluding hydrogens is 152 g/mol. The Bertz CT molecular complexity index is 190. The molecule has 0 saturated carbocycles. The second-order valence-electron chi connectivity index (χ2n) is 2.56. The summed E-state index contributed by atoms with van der Waals surface area (Å²) in [5.41, 5.74) is 0. The van der Waals surface area contributed by atoms with E-state index in [1.54, 1.807) is 6.92 Å². The lowest BCUT2D eigenvalue weighted by Gasteiger charge is -2.10. The van der Waals surface area contributed by atoms with Crippen LogP contribution >= 0.6 is 0 Å². The Morgan fingerprint density at radius 3 is 2.75 bits per heavy atom. The summed E-state index contributed by atoms with van der Waals surface area (Å²) < 4.78 is 0. The highest BCUT2D eigenvalue weighted by Crippen LogP contribution is 1.85. The molecule has 0 radical (unpaired) electrons. The van der Waals surface area contributed by atoms with Crippen molar-refractivity contribution >= 4 is 6.03 Å². The highest BCUT2D eigenvalue weighted by Gasteiger charge is 2.01. The third-order valence-corrected chi connectivity index (χ3v) is 1.50. The summed E-state index contributed by atoms with van der Waals surface area (Å²) in [4.78, 5) is 11.0. The van der Waals surface area contributed by atoms with Crippen molar-refractivity contribution in [3.63, 3.8) is 0 Å². The molecule has 2 N–H and O–H groups in total. The van der Waals surface area contributed by atoms with Crippen LogP contribution in [-0.2, 0) is 0 Å². The zero-order valence-electron chi connectivity index (χ0n) is 7.90. The van der Waals surface area contributed by atoms with Crippen LogP contribution in [-0.4, -0.2) is 18.6 Å². The molecule has 3 nitrogen and oxygen atoms in total. The molecule has 0 aromatic heterocycles. The zero-order chi connectivity index (χ0) is 9.40. The third-order valence-electron chi connectivity index (χ3n) is 1.50. The maximum Gasteiger partial charge on any atom is 0.315 e. The predicted molar refractivity (Wildman–Crippen MR) is 49.7 cm³/mol. The topological polar surface area (TPSA) is 41.1 Å². The van der Waals surface area contributed by atoms with E-state index in [-0.39, 0.29) is 12.1 Å². The van der Waals surface area contributed by atoms with Crippen LogP contribution in [0.25, 0.3) is 0 Å². The number of amides is 2. The molecule has 0 fully saturated rings. The summed E-state index contributed by atoms with van der Waals surface area (Å²) in [5.74, 6) is 5.45. The van der Waals surface area contributed by atoms with Crippen LogP contribution in [0.3, 0.4) is 0 Å². The van der Waals surface area contributed by atoms with Gasteiger partial charge in [0.25, 0.3) is 0 Å². The molecule has 0 aliphatic carbocycles. The van der Waals surface area contributed by atoms with Crippen molar-refractivity contribution in [2.45, 2.75) is 33.2 Å². The Morgan fingerprint density at radius 2 is 2.25 bits per heavy atom. The summed E-state index contributed by atoms with van der Waals surface area (Å²) in [6.45, 7) is 6.15. The van der Waals surface area contributed by atoms with Gasteiger partial charge in [0.05, 0.1) is 6.54 Å². The molecule has 0 spiro atoms. The molecule has 68 valence electrons. The van der Waals surface area contributed by atoms with Crippen LogP contribution in [0.5, 0.6) is 0 Å². The normalized spacial score (nSPS) is 10.9. The van der Waals surface area contributed by atoms with Crippen molar-refractivity contribution in [3.05, 3.63) is 0 Å². The molecule has 1 unspecified atom stereocenters. The lowest BCUT2D eigenvalue weighted by molar-refractivity contribution is 0.238. The lowest BCUT2D eigenvalue weighted by Crippen LogP contribution is -2.40. The van der Waals surface area contributed by atoms with E-state index >= 15 is 0 Å². The molecule has 0 aliphatic heterocycles. The lowest BCUT2D eigenvalue weighted by atomic mass is 10.3. The van der Waals surface area contributed by atoms with Gasteiger partial charge in [0.2, 0.25) is 0 Å². The fraction of sp³-hybridized carbons (Fsp3) is 0.667. The Morgan fingerprint density at radius 1 is 1.58 bits per heavy atom. The van der Waals surface area contributed by atoms with E-state index < -0.39 is 0 Å². The Kier molecular flexibility index (Phi) is 5.90. The number of rotatable bonds is 3. The van der Waals surface area contributed by atoms with E-state index in [0.29, 0.717) is 6.54 Å². The molecule has 0 aromatic rings. The summed E-state index contributed by atoms with van der Waals surface area (Å²) in [7, 11) is 0. The van der Waals surface area contributed by atoms with Crippen molar-refractivity contribution in [1.29, 1.82) is 0 Å². The van der Waals surface area contributed by atoms with Crippen molar-refractivity contribution in [3.8, 4) is 11.8 Å². The minimum atomic E-state index is -0.146. The van der Waals surface area contributed by atoms with Crippen LogP contribution in [0, 0.1) is 11.8 Å². The van der Waals surface area contributed by atoms with Gasteiger partial charge in [-0.05, 0) is 20.3 Å². The van der Waals surface area contributed by atoms with E-state index in [1.807, 2.05) is 13.8 Å². The van der Waals surface area contributed by atoms with Crippen LogP contribution in [0.2, 0.25) is 0 Å². The number of carbonyl (C=O) groups is 1. The first-order valence-corrected chi connectivity index (χ1v) is 4.14. The van der Waals surface area contributed by atoms with Gasteiger partial charge in [-0.15, -0.1) is 5.92 Å². The van der Waals surface area contributed by atoms with Crippen LogP contribution in [0.1, 0.15) is 27.2 Å². The molecule has 0 bridgehead atoms. The number of carbonyl (C=O) groups excluding carboxylic acids is 1. The highest BCUT2D eigenvalue weighted by molar-refractivity contribution is 5.74. The quantitative estimate of drug-likeness (QED) is 0.609. The smallest absolute Gasteiger partial charge is 0.315 e. The van der Waals surface area contributed by atoms with E-state index in [2.05, 4.69) is 22.5 Å². The number of hydrogen-bond acceptors (Lipinski definition) is 1. The Labute approximate surface area is 73.9 Å². The monoisotopic (exact) mass is 168 g/mol. The van der Waals surface area contributed by atoms with Crippen LogP contribution < -0.4 is 10.6 Å². The Balaban J connectivity index is 3.50. The fourth-order valence-corrected chi connectivity index (χ4v) is 0.590. The summed E-state index contributed by atoms with van der Waals surface area (Å²) in [6.07, 6.45) is 0.937. The van der Waals surface area contributed by atoms with Crippen molar-refractivity contribution in [1.82, 2.24) is 10.6 Å². The maximum atomic E-state index is 11.0. The largest absolute Gasteiger partial charge is 0.336 e. The zero-order valence-corrected chi connectivity index (χ0v) is 7.90. The number of urea groups is 1. The van der Waals surface area contributed by atoms with Crippen LogP contribution in [0.4, 0.5) is 4.79 Å². The maximum absolute atomic E-state index is 11.0. The van der Waals surface area contributed by atoms with Gasteiger partial charge >= 0.3 is 6.03 Å². The molecular formula is C9H16N2O. The van der Waals surface area contributed by atoms with Gasteiger partial charge in [-0.1, -0.05) is 12.8 Å². The van der Waals surface area contributed by atoms with E-state index in [1.165, 1.54) is 0 Å². The summed E-state index contributed by atoms with van der Waals surface area (Å²) in [5, 5.41) is 5.40. The van der Waals surface area contributed by atoms with Crippen molar-refractivity contribution < 1.29 is 4.79 Å². The molecule has 1 atom stereocenters. The van der Waals surface area contributed by atoms with E-state index in [9.17, 15) is 4.79 Å². The van der Waals surface area contributed by atoms with Gasteiger partial charge in [-0.3, -0.25) is 0 Å². The van der Waals surface area contributed by atoms with Gasteiger partial charge in [0.1, 0.15) is 0 Å². The molecule has 0 rings (SSSR count). The van der Waals surface area contributed by atoms with Gasteiger partial charge in [-0.25, -0.2) is 4.79 Å².